The van der Waals surface area contributed by atoms with Gasteiger partial charge < -0.3 is 6.15 Å². The average Bonchev–Trinajstić information content (AvgIpc) is 1.39. The van der Waals surface area contributed by atoms with E-state index in [0.717, 1.165) is 0 Å². The van der Waals surface area contributed by atoms with E-state index >= 15 is 0 Å². The fourth-order valence-corrected chi connectivity index (χ4v) is 0. The highest BCUT2D eigenvalue weighted by Gasteiger charge is 1.36. The summed E-state index contributed by atoms with van der Waals surface area (Å²) in [4.78, 5) is 0. The van der Waals surface area contributed by atoms with E-state index in [4.69, 9.17) is 0 Å². The van der Waals surface area contributed by atoms with Crippen LogP contribution in [0.25, 0.3) is 0 Å². The van der Waals surface area contributed by atoms with Gasteiger partial charge in [0, 0.05) is 0 Å². The van der Waals surface area contributed by atoms with Gasteiger partial charge in [-0.05, 0) is 0 Å². The molecule has 0 aromatic carbocycles. The Balaban J connectivity index is -0.00000000889. The van der Waals surface area contributed by atoms with E-state index < -0.39 is 0 Å². The summed E-state index contributed by atoms with van der Waals surface area (Å²) in [6.07, 6.45) is 2.50. The Kier molecular flexibility index (Phi) is 282. The first kappa shape index (κ1) is 33.8. The normalized spacial score (nSPS) is 4.00. The van der Waals surface area contributed by atoms with Crippen LogP contribution in [0.4, 0.5) is 0 Å². The van der Waals surface area contributed by atoms with E-state index in [0.29, 0.717) is 0 Å². The van der Waals surface area contributed by atoms with E-state index in [-0.39, 0.29) is 31.0 Å². The van der Waals surface area contributed by atoms with Gasteiger partial charge in [-0.2, -0.15) is 0 Å². The van der Waals surface area contributed by atoms with Crippen molar-refractivity contribution in [2.45, 2.75) is 40.5 Å². The molecule has 0 rings (SSSR count). The molecule has 0 bridgehead atoms. The zero-order valence-electron chi connectivity index (χ0n) is 6.94. The van der Waals surface area contributed by atoms with Crippen molar-refractivity contribution < 1.29 is 0 Å². The van der Waals surface area contributed by atoms with Crippen molar-refractivity contribution in [2.24, 2.45) is 0 Å². The first-order valence-corrected chi connectivity index (χ1v) is 2.83. The van der Waals surface area contributed by atoms with Crippen LogP contribution in [0.2, 0.25) is 0 Å². The second kappa shape index (κ2) is 75.3. The van der Waals surface area contributed by atoms with E-state index in [2.05, 4.69) is 27.7 Å². The van der Waals surface area contributed by atoms with Gasteiger partial charge in [0.2, 0.25) is 0 Å². The summed E-state index contributed by atoms with van der Waals surface area (Å²) >= 11 is 0. The van der Waals surface area contributed by atoms with Crippen molar-refractivity contribution in [3.05, 3.63) is 0 Å². The van der Waals surface area contributed by atoms with Crippen molar-refractivity contribution in [1.29, 1.82) is 0 Å². The minimum Gasteiger partial charge on any atom is -0.344 e. The SMILES string of the molecule is CCC.CCC.Cl.Cl.N. The second-order valence-electron chi connectivity index (χ2n) is 1.41. The standard InChI is InChI=1S/2C3H8.2ClH.H3N/c2*1-3-2;;;/h2*3H2,1-2H3;2*1H;1H3. The molecule has 1 nitrogen and oxygen atoms in total. The van der Waals surface area contributed by atoms with Gasteiger partial charge in [-0.1, -0.05) is 40.5 Å². The molecular weight excluding hydrogens is 157 g/mol. The highest BCUT2D eigenvalue weighted by molar-refractivity contribution is 5.85. The number of hydrogen-bond acceptors (Lipinski definition) is 1. The lowest BCUT2D eigenvalue weighted by Gasteiger charge is -1.48. The van der Waals surface area contributed by atoms with E-state index in [1.807, 2.05) is 0 Å². The molecule has 0 fully saturated rings. The summed E-state index contributed by atoms with van der Waals surface area (Å²) in [5.41, 5.74) is 0. The van der Waals surface area contributed by atoms with Crippen LogP contribution in [0.1, 0.15) is 40.5 Å². The predicted molar refractivity (Wildman–Crippen MR) is 51.4 cm³/mol. The fraction of sp³-hybridized carbons (Fsp3) is 1.00. The fourth-order valence-electron chi connectivity index (χ4n) is 0. The molecule has 0 saturated carbocycles. The molecule has 3 N–H and O–H groups in total. The Hall–Kier alpha value is 0.540. The number of hydrogen-bond donors (Lipinski definition) is 1. The third-order valence-electron chi connectivity index (χ3n) is 0. The molecule has 0 aliphatic heterocycles. The number of rotatable bonds is 0. The molecule has 0 saturated heterocycles. The maximum absolute atomic E-state index is 2.12. The highest BCUT2D eigenvalue weighted by Crippen LogP contribution is 1.56. The molecule has 0 spiro atoms. The molecule has 9 heavy (non-hydrogen) atoms. The molecule has 0 aromatic heterocycles. The highest BCUT2D eigenvalue weighted by atomic mass is 35.5. The van der Waals surface area contributed by atoms with Crippen LogP contribution in [0.5, 0.6) is 0 Å². The third kappa shape index (κ3) is 1250. The maximum Gasteiger partial charge on any atom is -0.0590 e. The molecule has 0 aliphatic rings. The molecular formula is C6H21Cl2N. The zero-order valence-corrected chi connectivity index (χ0v) is 8.57. The quantitative estimate of drug-likeness (QED) is 0.600. The van der Waals surface area contributed by atoms with Crippen molar-refractivity contribution in [3.63, 3.8) is 0 Å². The Labute approximate surface area is 72.0 Å². The summed E-state index contributed by atoms with van der Waals surface area (Å²) in [7, 11) is 0. The van der Waals surface area contributed by atoms with Gasteiger partial charge in [-0.25, -0.2) is 0 Å². The van der Waals surface area contributed by atoms with Gasteiger partial charge in [0.1, 0.15) is 0 Å². The van der Waals surface area contributed by atoms with Crippen LogP contribution in [-0.2, 0) is 0 Å². The molecule has 64 valence electrons. The first-order valence-electron chi connectivity index (χ1n) is 2.83. The smallest absolute Gasteiger partial charge is 0.0590 e. The lowest BCUT2D eigenvalue weighted by atomic mass is 10.6. The minimum atomic E-state index is 0. The van der Waals surface area contributed by atoms with Crippen LogP contribution in [0.15, 0.2) is 0 Å². The van der Waals surface area contributed by atoms with Crippen LogP contribution in [-0.4, -0.2) is 0 Å². The van der Waals surface area contributed by atoms with Gasteiger partial charge >= 0.3 is 0 Å². The molecule has 3 heteroatoms. The summed E-state index contributed by atoms with van der Waals surface area (Å²) < 4.78 is 0. The van der Waals surface area contributed by atoms with Gasteiger partial charge in [-0.3, -0.25) is 0 Å². The van der Waals surface area contributed by atoms with Crippen molar-refractivity contribution in [2.75, 3.05) is 0 Å². The maximum atomic E-state index is 2.12. The molecule has 0 heterocycles. The van der Waals surface area contributed by atoms with Gasteiger partial charge in [0.15, 0.2) is 0 Å². The minimum absolute atomic E-state index is 0. The zero-order chi connectivity index (χ0) is 5.41. The van der Waals surface area contributed by atoms with Crippen molar-refractivity contribution in [3.8, 4) is 0 Å². The Bertz CT molecular complexity index is 13.0. The topological polar surface area (TPSA) is 35.0 Å². The summed E-state index contributed by atoms with van der Waals surface area (Å²) in [6.45, 7) is 8.50. The Morgan fingerprint density at radius 1 is 0.667 bits per heavy atom. The van der Waals surface area contributed by atoms with Gasteiger partial charge in [0.25, 0.3) is 0 Å². The lowest BCUT2D eigenvalue weighted by Crippen LogP contribution is -1.27. The van der Waals surface area contributed by atoms with Gasteiger partial charge in [0.05, 0.1) is 0 Å². The van der Waals surface area contributed by atoms with Crippen LogP contribution in [0, 0.1) is 0 Å². The second-order valence-corrected chi connectivity index (χ2v) is 1.41. The molecule has 0 unspecified atom stereocenters. The van der Waals surface area contributed by atoms with Crippen LogP contribution < -0.4 is 6.15 Å². The van der Waals surface area contributed by atoms with Gasteiger partial charge in [-0.15, -0.1) is 24.8 Å². The Morgan fingerprint density at radius 3 is 0.667 bits per heavy atom. The third-order valence-corrected chi connectivity index (χ3v) is 0. The molecule has 0 aromatic rings. The Morgan fingerprint density at radius 2 is 0.667 bits per heavy atom. The van der Waals surface area contributed by atoms with Crippen LogP contribution in [0.3, 0.4) is 0 Å². The molecule has 0 amide bonds. The first-order chi connectivity index (χ1) is 2.83. The van der Waals surface area contributed by atoms with Crippen molar-refractivity contribution in [1.82, 2.24) is 6.15 Å². The van der Waals surface area contributed by atoms with Crippen LogP contribution >= 0.6 is 24.8 Å². The summed E-state index contributed by atoms with van der Waals surface area (Å²) in [5, 5.41) is 0. The largest absolute Gasteiger partial charge is 0.344 e. The average molecular weight is 178 g/mol. The summed E-state index contributed by atoms with van der Waals surface area (Å²) in [5.74, 6) is 0. The lowest BCUT2D eigenvalue weighted by molar-refractivity contribution is 1.09. The predicted octanol–water partition coefficient (Wildman–Crippen LogP) is 3.84. The monoisotopic (exact) mass is 177 g/mol. The van der Waals surface area contributed by atoms with E-state index in [1.165, 1.54) is 12.8 Å². The molecule has 0 atom stereocenters. The molecule has 0 radical (unpaired) electrons. The van der Waals surface area contributed by atoms with Crippen molar-refractivity contribution >= 4 is 24.8 Å². The molecule has 0 aliphatic carbocycles. The van der Waals surface area contributed by atoms with E-state index in [1.54, 1.807) is 0 Å². The van der Waals surface area contributed by atoms with E-state index in [9.17, 15) is 0 Å². The summed E-state index contributed by atoms with van der Waals surface area (Å²) in [6, 6.07) is 0. The number of halogens is 2.